The van der Waals surface area contributed by atoms with Crippen LogP contribution in [0, 0.1) is 0 Å². The highest BCUT2D eigenvalue weighted by atomic mass is 16.1. The molecule has 4 nitrogen and oxygen atoms in total. The van der Waals surface area contributed by atoms with E-state index in [9.17, 15) is 9.59 Å². The zero-order chi connectivity index (χ0) is 15.4. The van der Waals surface area contributed by atoms with Gasteiger partial charge < -0.3 is 9.97 Å². The van der Waals surface area contributed by atoms with Crippen molar-refractivity contribution < 1.29 is 0 Å². The Labute approximate surface area is 126 Å². The van der Waals surface area contributed by atoms with E-state index in [1.165, 1.54) is 0 Å². The van der Waals surface area contributed by atoms with Gasteiger partial charge in [0.05, 0.1) is 0 Å². The smallest absolute Gasteiger partial charge is 0.255 e. The first-order valence-electron chi connectivity index (χ1n) is 6.88. The zero-order valence-corrected chi connectivity index (χ0v) is 11.7. The van der Waals surface area contributed by atoms with Gasteiger partial charge in [-0.1, -0.05) is 36.4 Å². The predicted octanol–water partition coefficient (Wildman–Crippen LogP) is 3.06. The molecule has 2 aromatic carbocycles. The van der Waals surface area contributed by atoms with Crippen molar-refractivity contribution in [3.63, 3.8) is 0 Å². The minimum absolute atomic E-state index is 0.0249. The molecule has 22 heavy (non-hydrogen) atoms. The number of pyridine rings is 2. The molecular formula is C18H14N2O2. The topological polar surface area (TPSA) is 65.7 Å². The van der Waals surface area contributed by atoms with Crippen LogP contribution in [0.4, 0.5) is 0 Å². The van der Waals surface area contributed by atoms with Crippen molar-refractivity contribution in [2.45, 2.75) is 0 Å². The van der Waals surface area contributed by atoms with Crippen molar-refractivity contribution in [3.8, 4) is 0 Å². The van der Waals surface area contributed by atoms with Gasteiger partial charge in [-0.2, -0.15) is 0 Å². The summed E-state index contributed by atoms with van der Waals surface area (Å²) >= 11 is 0. The lowest BCUT2D eigenvalue weighted by Gasteiger charge is -1.92. The number of nitrogens with one attached hydrogen (secondary N) is 2. The number of rotatable bonds is 0. The number of fused-ring (bicyclic) bond motifs is 2. The summed E-state index contributed by atoms with van der Waals surface area (Å²) in [4.78, 5) is 27.5. The Kier molecular flexibility index (Phi) is 3.83. The van der Waals surface area contributed by atoms with Gasteiger partial charge in [0, 0.05) is 23.2 Å². The third-order valence-corrected chi connectivity index (χ3v) is 3.37. The molecule has 0 aliphatic rings. The van der Waals surface area contributed by atoms with Gasteiger partial charge in [0.1, 0.15) is 0 Å². The lowest BCUT2D eigenvalue weighted by atomic mass is 10.2. The first-order chi connectivity index (χ1) is 10.8. The van der Waals surface area contributed by atoms with Crippen molar-refractivity contribution in [2.24, 2.45) is 0 Å². The van der Waals surface area contributed by atoms with Crippen molar-refractivity contribution in [1.29, 1.82) is 0 Å². The molecule has 0 spiro atoms. The van der Waals surface area contributed by atoms with Gasteiger partial charge in [0.15, 0.2) is 0 Å². The summed E-state index contributed by atoms with van der Waals surface area (Å²) in [5, 5.41) is 3.46. The van der Waals surface area contributed by atoms with Gasteiger partial charge >= 0.3 is 0 Å². The van der Waals surface area contributed by atoms with Gasteiger partial charge in [-0.3, -0.25) is 9.59 Å². The Morgan fingerprint density at radius 3 is 1.36 bits per heavy atom. The minimum Gasteiger partial charge on any atom is -0.329 e. The lowest BCUT2D eigenvalue weighted by Crippen LogP contribution is -2.03. The van der Waals surface area contributed by atoms with Crippen LogP contribution in [0.25, 0.3) is 21.5 Å². The van der Waals surface area contributed by atoms with Gasteiger partial charge in [-0.15, -0.1) is 0 Å². The van der Waals surface area contributed by atoms with Gasteiger partial charge in [-0.25, -0.2) is 0 Å². The maximum Gasteiger partial charge on any atom is 0.255 e. The van der Waals surface area contributed by atoms with Crippen LogP contribution in [0.2, 0.25) is 0 Å². The predicted molar refractivity (Wildman–Crippen MR) is 89.1 cm³/mol. The maximum atomic E-state index is 11.1. The Balaban J connectivity index is 0.000000131. The van der Waals surface area contributed by atoms with Crippen LogP contribution < -0.4 is 11.1 Å². The van der Waals surface area contributed by atoms with E-state index >= 15 is 0 Å². The van der Waals surface area contributed by atoms with E-state index in [0.29, 0.717) is 0 Å². The van der Waals surface area contributed by atoms with Crippen LogP contribution in [0.1, 0.15) is 0 Å². The second kappa shape index (κ2) is 6.10. The molecule has 2 N–H and O–H groups in total. The minimum atomic E-state index is -0.0249. The second-order valence-corrected chi connectivity index (χ2v) is 4.79. The molecule has 0 fully saturated rings. The molecule has 0 aliphatic heterocycles. The molecule has 0 bridgehead atoms. The fourth-order valence-electron chi connectivity index (χ4n) is 2.27. The standard InChI is InChI=1S/2C9H7NO/c2*11-9-8-4-2-1-3-7(8)5-6-10-9/h2*1-6H,(H,10,11). The molecule has 0 saturated carbocycles. The van der Waals surface area contributed by atoms with Crippen molar-refractivity contribution in [3.05, 3.63) is 93.8 Å². The van der Waals surface area contributed by atoms with Gasteiger partial charge in [0.25, 0.3) is 11.1 Å². The van der Waals surface area contributed by atoms with Crippen LogP contribution in [-0.4, -0.2) is 9.97 Å². The van der Waals surface area contributed by atoms with Crippen LogP contribution in [0.3, 0.4) is 0 Å². The quantitative estimate of drug-likeness (QED) is 0.522. The van der Waals surface area contributed by atoms with Crippen molar-refractivity contribution in [1.82, 2.24) is 9.97 Å². The van der Waals surface area contributed by atoms with Crippen LogP contribution >= 0.6 is 0 Å². The van der Waals surface area contributed by atoms with Crippen molar-refractivity contribution in [2.75, 3.05) is 0 Å². The highest BCUT2D eigenvalue weighted by Gasteiger charge is 1.93. The van der Waals surface area contributed by atoms with E-state index in [-0.39, 0.29) is 11.1 Å². The number of aromatic amines is 2. The second-order valence-electron chi connectivity index (χ2n) is 4.79. The number of aromatic nitrogens is 2. The number of H-pyrrole nitrogens is 2. The van der Waals surface area contributed by atoms with Gasteiger partial charge in [0.2, 0.25) is 0 Å². The van der Waals surface area contributed by atoms with E-state index in [2.05, 4.69) is 9.97 Å². The van der Waals surface area contributed by atoms with Crippen LogP contribution in [0.5, 0.6) is 0 Å². The largest absolute Gasteiger partial charge is 0.329 e. The summed E-state index contributed by atoms with van der Waals surface area (Å²) in [5.41, 5.74) is -0.0498. The number of hydrogen-bond acceptors (Lipinski definition) is 2. The van der Waals surface area contributed by atoms with E-state index in [1.807, 2.05) is 60.7 Å². The highest BCUT2D eigenvalue weighted by molar-refractivity contribution is 5.81. The third kappa shape index (κ3) is 2.81. The molecule has 4 rings (SSSR count). The highest BCUT2D eigenvalue weighted by Crippen LogP contribution is 2.06. The summed E-state index contributed by atoms with van der Waals surface area (Å²) in [5.74, 6) is 0. The molecule has 108 valence electrons. The van der Waals surface area contributed by atoms with Crippen molar-refractivity contribution >= 4 is 21.5 Å². The summed E-state index contributed by atoms with van der Waals surface area (Å²) < 4.78 is 0. The Morgan fingerprint density at radius 1 is 0.545 bits per heavy atom. The molecule has 4 aromatic rings. The molecule has 0 radical (unpaired) electrons. The SMILES string of the molecule is O=c1[nH]ccc2ccccc12.O=c1[nH]ccc2ccccc12. The molecule has 0 aliphatic carbocycles. The molecular weight excluding hydrogens is 276 g/mol. The molecule has 2 aromatic heterocycles. The Hall–Kier alpha value is -3.14. The van der Waals surface area contributed by atoms with E-state index < -0.39 is 0 Å². The van der Waals surface area contributed by atoms with Gasteiger partial charge in [-0.05, 0) is 35.0 Å². The van der Waals surface area contributed by atoms with E-state index in [1.54, 1.807) is 12.4 Å². The third-order valence-electron chi connectivity index (χ3n) is 3.37. The number of benzene rings is 2. The Bertz CT molecular complexity index is 936. The fourth-order valence-corrected chi connectivity index (χ4v) is 2.27. The maximum absolute atomic E-state index is 11.1. The normalized spacial score (nSPS) is 10.2. The first-order valence-corrected chi connectivity index (χ1v) is 6.88. The lowest BCUT2D eigenvalue weighted by molar-refractivity contribution is 1.28. The monoisotopic (exact) mass is 290 g/mol. The zero-order valence-electron chi connectivity index (χ0n) is 11.7. The average Bonchev–Trinajstić information content (AvgIpc) is 2.57. The summed E-state index contributed by atoms with van der Waals surface area (Å²) in [6.45, 7) is 0. The Morgan fingerprint density at radius 2 is 0.955 bits per heavy atom. The summed E-state index contributed by atoms with van der Waals surface area (Å²) in [6, 6.07) is 18.8. The average molecular weight is 290 g/mol. The summed E-state index contributed by atoms with van der Waals surface area (Å²) in [6.07, 6.45) is 3.31. The molecule has 0 amide bonds. The molecule has 0 unspecified atom stereocenters. The van der Waals surface area contributed by atoms with Crippen LogP contribution in [0.15, 0.2) is 82.6 Å². The van der Waals surface area contributed by atoms with E-state index in [4.69, 9.17) is 0 Å². The van der Waals surface area contributed by atoms with Crippen LogP contribution in [-0.2, 0) is 0 Å². The van der Waals surface area contributed by atoms with E-state index in [0.717, 1.165) is 21.5 Å². The fraction of sp³-hybridized carbons (Fsp3) is 0. The first kappa shape index (κ1) is 13.8. The summed E-state index contributed by atoms with van der Waals surface area (Å²) in [7, 11) is 0. The molecule has 2 heterocycles. The number of hydrogen-bond donors (Lipinski definition) is 2. The molecule has 0 atom stereocenters. The molecule has 4 heteroatoms. The molecule has 0 saturated heterocycles.